The average Bonchev–Trinajstić information content (AvgIpc) is 3.21. The fraction of sp³-hybridized carbons (Fsp3) is 0.200. The van der Waals surface area contributed by atoms with Gasteiger partial charge in [-0.15, -0.1) is 0 Å². The monoisotopic (exact) mass is 426 g/mol. The molecular weight excluding hydrogens is 408 g/mol. The third-order valence-corrected chi connectivity index (χ3v) is 6.01. The van der Waals surface area contributed by atoms with E-state index in [9.17, 15) is 0 Å². The van der Waals surface area contributed by atoms with E-state index in [0.29, 0.717) is 5.11 Å². The molecule has 0 bridgehead atoms. The molecule has 0 amide bonds. The average molecular weight is 427 g/mol. The molecule has 4 rings (SSSR count). The molecule has 1 aliphatic heterocycles. The van der Waals surface area contributed by atoms with E-state index < -0.39 is 0 Å². The number of hydrogen-bond acceptors (Lipinski definition) is 2. The van der Waals surface area contributed by atoms with Crippen molar-refractivity contribution in [2.45, 2.75) is 19.0 Å². The second-order valence-electron chi connectivity index (χ2n) is 6.47. The lowest BCUT2D eigenvalue weighted by molar-refractivity contribution is 0.541. The molecule has 1 aliphatic rings. The minimum Gasteiger partial charge on any atom is -0.353 e. The van der Waals surface area contributed by atoms with Crippen LogP contribution in [0.25, 0.3) is 0 Å². The summed E-state index contributed by atoms with van der Waals surface area (Å²) >= 11 is 9.32. The van der Waals surface area contributed by atoms with Crippen molar-refractivity contribution in [3.63, 3.8) is 0 Å². The van der Waals surface area contributed by atoms with Crippen LogP contribution in [-0.4, -0.2) is 14.7 Å². The van der Waals surface area contributed by atoms with Crippen molar-refractivity contribution in [3.05, 3.63) is 82.3 Å². The summed E-state index contributed by atoms with van der Waals surface area (Å²) in [6, 6.07) is 16.6. The molecule has 26 heavy (non-hydrogen) atoms. The van der Waals surface area contributed by atoms with E-state index in [1.54, 1.807) is 0 Å². The number of aryl methyl sites for hydroxylation is 2. The van der Waals surface area contributed by atoms with Crippen molar-refractivity contribution in [2.24, 2.45) is 7.05 Å². The van der Waals surface area contributed by atoms with E-state index in [1.807, 2.05) is 24.4 Å². The molecule has 6 heteroatoms. The number of nitrogens with one attached hydrogen (secondary N) is 1. The first-order chi connectivity index (χ1) is 12.6. The summed E-state index contributed by atoms with van der Waals surface area (Å²) in [5.41, 5.74) is 4.43. The van der Waals surface area contributed by atoms with E-state index in [0.717, 1.165) is 15.9 Å². The highest BCUT2D eigenvalue weighted by Crippen LogP contribution is 2.41. The number of rotatable bonds is 3. The van der Waals surface area contributed by atoms with E-state index in [2.05, 4.69) is 86.2 Å². The second-order valence-corrected chi connectivity index (χ2v) is 7.72. The van der Waals surface area contributed by atoms with Crippen molar-refractivity contribution < 1.29 is 0 Å². The van der Waals surface area contributed by atoms with Crippen LogP contribution in [0.3, 0.4) is 0 Å². The smallest absolute Gasteiger partial charge is 0.174 e. The second kappa shape index (κ2) is 6.85. The molecule has 132 valence electrons. The Hall–Kier alpha value is -2.18. The van der Waals surface area contributed by atoms with E-state index >= 15 is 0 Å². The number of hydrogen-bond donors (Lipinski definition) is 1. The van der Waals surface area contributed by atoms with Gasteiger partial charge in [-0.2, -0.15) is 0 Å². The standard InChI is InChI=1S/C20H19BrN4S/c1-13-12-14(8-9-15(13)21)25-19(17-7-5-11-24(17)2)18(23-20(25)26)16-6-3-4-10-22-16/h3-12,18-19H,1-2H3,(H,23,26)/t18-,19+/m0/s1. The van der Waals surface area contributed by atoms with Gasteiger partial charge < -0.3 is 14.8 Å². The normalized spacial score (nSPS) is 19.7. The van der Waals surface area contributed by atoms with Crippen LogP contribution in [0, 0.1) is 6.92 Å². The molecule has 0 saturated carbocycles. The van der Waals surface area contributed by atoms with Gasteiger partial charge in [0.2, 0.25) is 0 Å². The summed E-state index contributed by atoms with van der Waals surface area (Å²) in [6.07, 6.45) is 3.89. The van der Waals surface area contributed by atoms with Gasteiger partial charge in [-0.05, 0) is 67.2 Å². The van der Waals surface area contributed by atoms with E-state index in [4.69, 9.17) is 12.2 Å². The number of pyridine rings is 1. The Morgan fingerprint density at radius 1 is 1.15 bits per heavy atom. The summed E-state index contributed by atoms with van der Waals surface area (Å²) in [5.74, 6) is 0. The maximum Gasteiger partial charge on any atom is 0.174 e. The molecule has 0 aliphatic carbocycles. The van der Waals surface area contributed by atoms with Gasteiger partial charge in [0.15, 0.2) is 5.11 Å². The fourth-order valence-electron chi connectivity index (χ4n) is 3.49. The third-order valence-electron chi connectivity index (χ3n) is 4.80. The number of anilines is 1. The van der Waals surface area contributed by atoms with Gasteiger partial charge in [-0.25, -0.2) is 0 Å². The predicted octanol–water partition coefficient (Wildman–Crippen LogP) is 4.67. The van der Waals surface area contributed by atoms with Crippen LogP contribution in [0.5, 0.6) is 0 Å². The highest BCUT2D eigenvalue weighted by atomic mass is 79.9. The zero-order valence-corrected chi connectivity index (χ0v) is 17.0. The number of thiocarbonyl (C=S) groups is 1. The number of nitrogens with zero attached hydrogens (tertiary/aromatic N) is 3. The summed E-state index contributed by atoms with van der Waals surface area (Å²) in [6.45, 7) is 2.09. The van der Waals surface area contributed by atoms with Crippen LogP contribution >= 0.6 is 28.1 Å². The first-order valence-electron chi connectivity index (χ1n) is 8.44. The number of aromatic nitrogens is 2. The lowest BCUT2D eigenvalue weighted by Gasteiger charge is -2.28. The Labute approximate surface area is 167 Å². The first kappa shape index (κ1) is 17.2. The Balaban J connectivity index is 1.85. The first-order valence-corrected chi connectivity index (χ1v) is 9.64. The van der Waals surface area contributed by atoms with Crippen molar-refractivity contribution in [1.29, 1.82) is 0 Å². The molecule has 1 fully saturated rings. The zero-order chi connectivity index (χ0) is 18.3. The number of benzene rings is 1. The molecule has 1 aromatic carbocycles. The maximum atomic E-state index is 5.74. The van der Waals surface area contributed by atoms with Gasteiger partial charge in [0.05, 0.1) is 11.7 Å². The molecule has 2 atom stereocenters. The molecule has 3 aromatic rings. The van der Waals surface area contributed by atoms with E-state index in [-0.39, 0.29) is 12.1 Å². The van der Waals surface area contributed by atoms with Crippen molar-refractivity contribution in [3.8, 4) is 0 Å². The Morgan fingerprint density at radius 2 is 2.00 bits per heavy atom. The van der Waals surface area contributed by atoms with Gasteiger partial charge in [-0.3, -0.25) is 4.98 Å². The predicted molar refractivity (Wildman–Crippen MR) is 112 cm³/mol. The lowest BCUT2D eigenvalue weighted by atomic mass is 10.0. The van der Waals surface area contributed by atoms with Crippen molar-refractivity contribution >= 4 is 38.9 Å². The molecule has 1 saturated heterocycles. The van der Waals surface area contributed by atoms with Crippen LogP contribution < -0.4 is 10.2 Å². The van der Waals surface area contributed by atoms with Gasteiger partial charge >= 0.3 is 0 Å². The molecule has 0 spiro atoms. The van der Waals surface area contributed by atoms with Crippen LogP contribution in [0.15, 0.2) is 65.4 Å². The summed E-state index contributed by atoms with van der Waals surface area (Å²) in [4.78, 5) is 6.78. The van der Waals surface area contributed by atoms with Gasteiger partial charge in [0, 0.05) is 35.3 Å². The minimum atomic E-state index is -0.0127. The topological polar surface area (TPSA) is 33.1 Å². The van der Waals surface area contributed by atoms with Crippen LogP contribution in [0.2, 0.25) is 0 Å². The zero-order valence-electron chi connectivity index (χ0n) is 14.6. The van der Waals surface area contributed by atoms with Crippen LogP contribution in [0.4, 0.5) is 5.69 Å². The minimum absolute atomic E-state index is 0.0127. The molecule has 0 unspecified atom stereocenters. The quantitative estimate of drug-likeness (QED) is 0.616. The highest BCUT2D eigenvalue weighted by molar-refractivity contribution is 9.10. The van der Waals surface area contributed by atoms with Crippen LogP contribution in [-0.2, 0) is 7.05 Å². The third kappa shape index (κ3) is 2.93. The van der Waals surface area contributed by atoms with Gasteiger partial charge in [0.25, 0.3) is 0 Å². The summed E-state index contributed by atoms with van der Waals surface area (Å²) < 4.78 is 3.24. The van der Waals surface area contributed by atoms with Gasteiger partial charge in [0.1, 0.15) is 6.04 Å². The molecule has 2 aromatic heterocycles. The molecule has 4 nitrogen and oxygen atoms in total. The summed E-state index contributed by atoms with van der Waals surface area (Å²) in [5, 5.41) is 4.20. The lowest BCUT2D eigenvalue weighted by Crippen LogP contribution is -2.30. The molecular formula is C20H19BrN4S. The SMILES string of the molecule is Cc1cc(N2C(=S)N[C@@H](c3ccccn3)[C@H]2c2cccn2C)ccc1Br. The molecule has 0 radical (unpaired) electrons. The fourth-order valence-corrected chi connectivity index (χ4v) is 4.09. The Morgan fingerprint density at radius 3 is 2.65 bits per heavy atom. The number of halogens is 1. The summed E-state index contributed by atoms with van der Waals surface area (Å²) in [7, 11) is 2.07. The van der Waals surface area contributed by atoms with Crippen LogP contribution in [0.1, 0.15) is 29.0 Å². The van der Waals surface area contributed by atoms with E-state index in [1.165, 1.54) is 11.3 Å². The maximum absolute atomic E-state index is 5.74. The van der Waals surface area contributed by atoms with Gasteiger partial charge in [-0.1, -0.05) is 22.0 Å². The molecule has 1 N–H and O–H groups in total. The largest absolute Gasteiger partial charge is 0.353 e. The highest BCUT2D eigenvalue weighted by Gasteiger charge is 2.41. The Bertz CT molecular complexity index is 953. The molecule has 3 heterocycles. The van der Waals surface area contributed by atoms with Crippen molar-refractivity contribution in [1.82, 2.24) is 14.9 Å². The van der Waals surface area contributed by atoms with Crippen molar-refractivity contribution in [2.75, 3.05) is 4.90 Å². The Kier molecular flexibility index (Phi) is 4.54.